The van der Waals surface area contributed by atoms with E-state index >= 15 is 0 Å². The van der Waals surface area contributed by atoms with E-state index in [1.807, 2.05) is 6.07 Å². The first-order valence-corrected chi connectivity index (χ1v) is 8.49. The second kappa shape index (κ2) is 6.71. The van der Waals surface area contributed by atoms with Gasteiger partial charge in [0.1, 0.15) is 5.82 Å². The summed E-state index contributed by atoms with van der Waals surface area (Å²) < 4.78 is 2.34. The van der Waals surface area contributed by atoms with Crippen LogP contribution in [0.25, 0.3) is 11.0 Å². The van der Waals surface area contributed by atoms with Crippen molar-refractivity contribution < 1.29 is 4.79 Å². The normalized spacial score (nSPS) is 20.0. The minimum atomic E-state index is 0.148. The summed E-state index contributed by atoms with van der Waals surface area (Å²) in [5.74, 6) is 1.81. The lowest BCUT2D eigenvalue weighted by Gasteiger charge is -2.26. The highest BCUT2D eigenvalue weighted by molar-refractivity contribution is 5.76. The van der Waals surface area contributed by atoms with Gasteiger partial charge in [-0.1, -0.05) is 26.0 Å². The van der Waals surface area contributed by atoms with Crippen molar-refractivity contribution in [3.63, 3.8) is 0 Å². The minimum absolute atomic E-state index is 0.148. The molecule has 3 rings (SSSR count). The standard InChI is InChI=1S/C18H26N4O/c1-13(2)11-22-16-7-5-4-6-15(16)20-17(22)12-21-9-8-18(23)19-10-14(21)3/h4-7,13-14H,8-12H2,1-3H3,(H,19,23). The topological polar surface area (TPSA) is 50.2 Å². The van der Waals surface area contributed by atoms with Crippen LogP contribution in [0.5, 0.6) is 0 Å². The Morgan fingerprint density at radius 1 is 1.35 bits per heavy atom. The zero-order valence-corrected chi connectivity index (χ0v) is 14.2. The molecule has 124 valence electrons. The third-order valence-corrected chi connectivity index (χ3v) is 4.47. The van der Waals surface area contributed by atoms with E-state index in [4.69, 9.17) is 4.98 Å². The van der Waals surface area contributed by atoms with Crippen molar-refractivity contribution in [1.82, 2.24) is 19.8 Å². The van der Waals surface area contributed by atoms with Crippen molar-refractivity contribution in [1.29, 1.82) is 0 Å². The van der Waals surface area contributed by atoms with E-state index in [2.05, 4.69) is 53.8 Å². The molecule has 1 unspecified atom stereocenters. The van der Waals surface area contributed by atoms with Crippen molar-refractivity contribution in [2.45, 2.75) is 46.3 Å². The molecule has 1 amide bonds. The summed E-state index contributed by atoms with van der Waals surface area (Å²) in [5, 5.41) is 2.98. The monoisotopic (exact) mass is 314 g/mol. The fourth-order valence-electron chi connectivity index (χ4n) is 3.18. The predicted molar refractivity (Wildman–Crippen MR) is 92.1 cm³/mol. The number of nitrogens with one attached hydrogen (secondary N) is 1. The van der Waals surface area contributed by atoms with Gasteiger partial charge in [0.25, 0.3) is 0 Å². The third kappa shape index (κ3) is 3.55. The molecular weight excluding hydrogens is 288 g/mol. The smallest absolute Gasteiger partial charge is 0.221 e. The van der Waals surface area contributed by atoms with Crippen LogP contribution >= 0.6 is 0 Å². The minimum Gasteiger partial charge on any atom is -0.355 e. The molecule has 0 bridgehead atoms. The van der Waals surface area contributed by atoms with Gasteiger partial charge in [-0.05, 0) is 25.0 Å². The van der Waals surface area contributed by atoms with Gasteiger partial charge in [-0.15, -0.1) is 0 Å². The lowest BCUT2D eigenvalue weighted by atomic mass is 10.2. The number of amides is 1. The molecule has 2 aromatic rings. The Kier molecular flexibility index (Phi) is 4.66. The van der Waals surface area contributed by atoms with Crippen LogP contribution in [0.1, 0.15) is 33.0 Å². The number of nitrogens with zero attached hydrogens (tertiary/aromatic N) is 3. The zero-order valence-electron chi connectivity index (χ0n) is 14.2. The Morgan fingerprint density at radius 2 is 2.13 bits per heavy atom. The molecule has 0 saturated carbocycles. The summed E-state index contributed by atoms with van der Waals surface area (Å²) in [6.07, 6.45) is 0.564. The average Bonchev–Trinajstić information content (AvgIpc) is 2.77. The maximum atomic E-state index is 11.6. The second-order valence-electron chi connectivity index (χ2n) is 6.89. The van der Waals surface area contributed by atoms with E-state index in [-0.39, 0.29) is 5.91 Å². The number of hydrogen-bond acceptors (Lipinski definition) is 3. The number of hydrogen-bond donors (Lipinski definition) is 1. The Bertz CT molecular complexity index is 691. The predicted octanol–water partition coefficient (Wildman–Crippen LogP) is 2.40. The van der Waals surface area contributed by atoms with E-state index in [1.54, 1.807) is 0 Å². The first kappa shape index (κ1) is 16.0. The van der Waals surface area contributed by atoms with Crippen LogP contribution in [0, 0.1) is 5.92 Å². The molecule has 1 aromatic heterocycles. The summed E-state index contributed by atoms with van der Waals surface area (Å²) in [5.41, 5.74) is 2.26. The van der Waals surface area contributed by atoms with Gasteiger partial charge in [0.15, 0.2) is 0 Å². The van der Waals surface area contributed by atoms with Crippen LogP contribution in [0.2, 0.25) is 0 Å². The van der Waals surface area contributed by atoms with Gasteiger partial charge < -0.3 is 9.88 Å². The largest absolute Gasteiger partial charge is 0.355 e. The summed E-state index contributed by atoms with van der Waals surface area (Å²) in [7, 11) is 0. The number of imidazole rings is 1. The SMILES string of the molecule is CC(C)Cn1c(CN2CCC(=O)NCC2C)nc2ccccc21. The molecule has 1 aliphatic rings. The molecule has 1 aromatic carbocycles. The number of fused-ring (bicyclic) bond motifs is 1. The second-order valence-corrected chi connectivity index (χ2v) is 6.89. The Hall–Kier alpha value is -1.88. The van der Waals surface area contributed by atoms with Gasteiger partial charge in [0.05, 0.1) is 17.6 Å². The fourth-order valence-corrected chi connectivity index (χ4v) is 3.18. The molecule has 0 spiro atoms. The highest BCUT2D eigenvalue weighted by atomic mass is 16.1. The van der Waals surface area contributed by atoms with Gasteiger partial charge in [0, 0.05) is 32.1 Å². The Balaban J connectivity index is 1.90. The molecule has 0 aliphatic carbocycles. The lowest BCUT2D eigenvalue weighted by molar-refractivity contribution is -0.120. The molecular formula is C18H26N4O. The molecule has 23 heavy (non-hydrogen) atoms. The van der Waals surface area contributed by atoms with Crippen LogP contribution in [0.4, 0.5) is 0 Å². The number of benzene rings is 1. The quantitative estimate of drug-likeness (QED) is 0.943. The Labute approximate surface area is 137 Å². The summed E-state index contributed by atoms with van der Waals surface area (Å²) in [4.78, 5) is 18.8. The number of para-hydroxylation sites is 2. The fraction of sp³-hybridized carbons (Fsp3) is 0.556. The first-order chi connectivity index (χ1) is 11.0. The molecule has 1 fully saturated rings. The van der Waals surface area contributed by atoms with E-state index in [1.165, 1.54) is 5.52 Å². The maximum absolute atomic E-state index is 11.6. The van der Waals surface area contributed by atoms with Crippen LogP contribution in [0.3, 0.4) is 0 Å². The van der Waals surface area contributed by atoms with Gasteiger partial charge in [-0.3, -0.25) is 9.69 Å². The zero-order chi connectivity index (χ0) is 16.4. The third-order valence-electron chi connectivity index (χ3n) is 4.47. The number of rotatable bonds is 4. The molecule has 2 heterocycles. The highest BCUT2D eigenvalue weighted by Crippen LogP contribution is 2.20. The van der Waals surface area contributed by atoms with Crippen LogP contribution < -0.4 is 5.32 Å². The number of carbonyl (C=O) groups excluding carboxylic acids is 1. The molecule has 5 nitrogen and oxygen atoms in total. The maximum Gasteiger partial charge on any atom is 0.221 e. The van der Waals surface area contributed by atoms with E-state index < -0.39 is 0 Å². The van der Waals surface area contributed by atoms with Crippen molar-refractivity contribution >= 4 is 16.9 Å². The van der Waals surface area contributed by atoms with Crippen LogP contribution in [-0.4, -0.2) is 39.5 Å². The summed E-state index contributed by atoms with van der Waals surface area (Å²) in [6, 6.07) is 8.66. The first-order valence-electron chi connectivity index (χ1n) is 8.49. The Morgan fingerprint density at radius 3 is 2.91 bits per heavy atom. The molecule has 1 N–H and O–H groups in total. The molecule has 1 aliphatic heterocycles. The summed E-state index contributed by atoms with van der Waals surface area (Å²) in [6.45, 7) is 9.89. The van der Waals surface area contributed by atoms with Crippen LogP contribution in [0.15, 0.2) is 24.3 Å². The van der Waals surface area contributed by atoms with Gasteiger partial charge in [0.2, 0.25) is 5.91 Å². The molecule has 1 atom stereocenters. The van der Waals surface area contributed by atoms with E-state index in [9.17, 15) is 4.79 Å². The van der Waals surface area contributed by atoms with Crippen molar-refractivity contribution in [2.24, 2.45) is 5.92 Å². The van der Waals surface area contributed by atoms with Crippen molar-refractivity contribution in [3.05, 3.63) is 30.1 Å². The number of aromatic nitrogens is 2. The van der Waals surface area contributed by atoms with E-state index in [0.717, 1.165) is 31.0 Å². The van der Waals surface area contributed by atoms with Gasteiger partial charge in [-0.25, -0.2) is 4.98 Å². The van der Waals surface area contributed by atoms with Gasteiger partial charge in [-0.2, -0.15) is 0 Å². The lowest BCUT2D eigenvalue weighted by Crippen LogP contribution is -2.37. The average molecular weight is 314 g/mol. The van der Waals surface area contributed by atoms with Crippen molar-refractivity contribution in [3.8, 4) is 0 Å². The van der Waals surface area contributed by atoms with Crippen molar-refractivity contribution in [2.75, 3.05) is 13.1 Å². The molecule has 1 saturated heterocycles. The number of carbonyl (C=O) groups is 1. The van der Waals surface area contributed by atoms with E-state index in [0.29, 0.717) is 24.9 Å². The van der Waals surface area contributed by atoms with Crippen LogP contribution in [-0.2, 0) is 17.9 Å². The summed E-state index contributed by atoms with van der Waals surface area (Å²) >= 11 is 0. The van der Waals surface area contributed by atoms with Gasteiger partial charge >= 0.3 is 0 Å². The molecule has 5 heteroatoms. The highest BCUT2D eigenvalue weighted by Gasteiger charge is 2.22. The molecule has 0 radical (unpaired) electrons.